The van der Waals surface area contributed by atoms with Crippen molar-refractivity contribution in [2.75, 3.05) is 5.21 Å². The van der Waals surface area contributed by atoms with Gasteiger partial charge in [0.2, 0.25) is 0 Å². The number of rotatable bonds is 3. The summed E-state index contributed by atoms with van der Waals surface area (Å²) in [5.41, 5.74) is -0.886. The van der Waals surface area contributed by atoms with Crippen LogP contribution in [0.15, 0.2) is 24.3 Å². The summed E-state index contributed by atoms with van der Waals surface area (Å²) in [7, 11) is -3.94. The maximum atomic E-state index is 12.1. The Kier molecular flexibility index (Phi) is 3.69. The van der Waals surface area contributed by atoms with Crippen molar-refractivity contribution < 1.29 is 25.8 Å². The van der Waals surface area contributed by atoms with E-state index >= 15 is 0 Å². The van der Waals surface area contributed by atoms with Crippen molar-refractivity contribution in [3.05, 3.63) is 29.8 Å². The fourth-order valence-electron chi connectivity index (χ4n) is 0.868. The highest BCUT2D eigenvalue weighted by molar-refractivity contribution is 7.88. The van der Waals surface area contributed by atoms with Gasteiger partial charge in [-0.15, -0.1) is 11.6 Å². The molecule has 0 N–H and O–H groups in total. The topological polar surface area (TPSA) is 43.4 Å². The molecule has 0 spiro atoms. The summed E-state index contributed by atoms with van der Waals surface area (Å²) in [6.45, 7) is 0. The second kappa shape index (κ2) is 4.50. The summed E-state index contributed by atoms with van der Waals surface area (Å²) >= 11 is 5.05. The van der Waals surface area contributed by atoms with Gasteiger partial charge in [0.15, 0.2) is 5.21 Å². The average molecular weight is 275 g/mol. The van der Waals surface area contributed by atoms with Crippen molar-refractivity contribution >= 4 is 21.7 Å². The van der Waals surface area contributed by atoms with Gasteiger partial charge in [-0.05, 0) is 24.3 Å². The van der Waals surface area contributed by atoms with Crippen molar-refractivity contribution in [3.63, 3.8) is 0 Å². The van der Waals surface area contributed by atoms with Crippen molar-refractivity contribution in [3.8, 4) is 5.75 Å². The number of benzene rings is 1. The maximum Gasteiger partial charge on any atom is 0.416 e. The van der Waals surface area contributed by atoms with Crippen LogP contribution in [-0.2, 0) is 16.3 Å². The summed E-state index contributed by atoms with van der Waals surface area (Å²) in [5.74, 6) is -0.214. The lowest BCUT2D eigenvalue weighted by molar-refractivity contribution is -0.137. The molecule has 0 saturated carbocycles. The van der Waals surface area contributed by atoms with Gasteiger partial charge in [0, 0.05) is 0 Å². The molecular weight excluding hydrogens is 269 g/mol. The van der Waals surface area contributed by atoms with Gasteiger partial charge >= 0.3 is 16.3 Å². The van der Waals surface area contributed by atoms with E-state index in [1.807, 2.05) is 0 Å². The summed E-state index contributed by atoms with van der Waals surface area (Å²) in [4.78, 5) is 0. The molecule has 0 heterocycles. The zero-order valence-electron chi connectivity index (χ0n) is 7.66. The molecule has 0 aliphatic heterocycles. The van der Waals surface area contributed by atoms with Crippen LogP contribution in [0.1, 0.15) is 5.56 Å². The highest BCUT2D eigenvalue weighted by Crippen LogP contribution is 2.30. The van der Waals surface area contributed by atoms with Crippen molar-refractivity contribution in [2.45, 2.75) is 6.18 Å². The predicted octanol–water partition coefficient (Wildman–Crippen LogP) is 2.61. The van der Waals surface area contributed by atoms with Gasteiger partial charge in [-0.25, -0.2) is 0 Å². The highest BCUT2D eigenvalue weighted by atomic mass is 35.5. The standard InChI is InChI=1S/C8H6ClF3O3S/c9-5-16(13,14)15-7-3-1-6(2-4-7)8(10,11)12/h1-4H,5H2. The largest absolute Gasteiger partial charge is 0.416 e. The lowest BCUT2D eigenvalue weighted by Gasteiger charge is -2.07. The average Bonchev–Trinajstić information content (AvgIpc) is 2.16. The van der Waals surface area contributed by atoms with E-state index in [1.54, 1.807) is 0 Å². The van der Waals surface area contributed by atoms with Gasteiger partial charge in [0.1, 0.15) is 5.75 Å². The second-order valence-electron chi connectivity index (χ2n) is 2.77. The minimum absolute atomic E-state index is 0.214. The molecule has 0 aliphatic rings. The van der Waals surface area contributed by atoms with Gasteiger partial charge in [0.05, 0.1) is 5.56 Å². The molecule has 90 valence electrons. The lowest BCUT2D eigenvalue weighted by atomic mass is 10.2. The zero-order valence-corrected chi connectivity index (χ0v) is 9.23. The molecule has 0 radical (unpaired) electrons. The van der Waals surface area contributed by atoms with E-state index in [2.05, 4.69) is 4.18 Å². The quantitative estimate of drug-likeness (QED) is 0.629. The zero-order chi connectivity index (χ0) is 12.4. The van der Waals surface area contributed by atoms with Gasteiger partial charge in [0.25, 0.3) is 0 Å². The Morgan fingerprint density at radius 2 is 1.69 bits per heavy atom. The SMILES string of the molecule is O=S(=O)(CCl)Oc1ccc(C(F)(F)F)cc1. The molecule has 1 aromatic rings. The Morgan fingerprint density at radius 3 is 2.06 bits per heavy atom. The van der Waals surface area contributed by atoms with Crippen LogP contribution in [-0.4, -0.2) is 13.6 Å². The molecule has 0 atom stereocenters. The van der Waals surface area contributed by atoms with E-state index in [9.17, 15) is 21.6 Å². The van der Waals surface area contributed by atoms with E-state index in [1.165, 1.54) is 0 Å². The fourth-order valence-corrected chi connectivity index (χ4v) is 1.45. The number of halogens is 4. The van der Waals surface area contributed by atoms with E-state index < -0.39 is 27.1 Å². The van der Waals surface area contributed by atoms with E-state index in [4.69, 9.17) is 11.6 Å². The van der Waals surface area contributed by atoms with Crippen LogP contribution >= 0.6 is 11.6 Å². The van der Waals surface area contributed by atoms with Gasteiger partial charge < -0.3 is 4.18 Å². The minimum atomic E-state index is -4.47. The normalized spacial score (nSPS) is 12.5. The Balaban J connectivity index is 2.89. The van der Waals surface area contributed by atoms with E-state index in [-0.39, 0.29) is 5.75 Å². The molecule has 0 amide bonds. The molecule has 0 fully saturated rings. The molecule has 1 rings (SSSR count). The van der Waals surface area contributed by atoms with Crippen LogP contribution in [0.5, 0.6) is 5.75 Å². The Labute approximate surface area is 94.9 Å². The molecule has 1 aromatic carbocycles. The molecule has 0 aliphatic carbocycles. The Hall–Kier alpha value is -0.950. The van der Waals surface area contributed by atoms with E-state index in [0.29, 0.717) is 0 Å². The Morgan fingerprint density at radius 1 is 1.19 bits per heavy atom. The summed E-state index contributed by atoms with van der Waals surface area (Å²) in [6.07, 6.45) is -4.47. The van der Waals surface area contributed by atoms with Crippen LogP contribution in [0.25, 0.3) is 0 Å². The third kappa shape index (κ3) is 3.57. The first kappa shape index (κ1) is 13.1. The summed E-state index contributed by atoms with van der Waals surface area (Å²) in [6, 6.07) is 3.26. The van der Waals surface area contributed by atoms with Gasteiger partial charge in [-0.2, -0.15) is 21.6 Å². The van der Waals surface area contributed by atoms with Crippen LogP contribution in [0, 0.1) is 0 Å². The highest BCUT2D eigenvalue weighted by Gasteiger charge is 2.30. The van der Waals surface area contributed by atoms with Crippen molar-refractivity contribution in [1.82, 2.24) is 0 Å². The molecule has 16 heavy (non-hydrogen) atoms. The first-order valence-electron chi connectivity index (χ1n) is 3.90. The van der Waals surface area contributed by atoms with Crippen LogP contribution in [0.4, 0.5) is 13.2 Å². The second-order valence-corrected chi connectivity index (χ2v) is 4.93. The smallest absolute Gasteiger partial charge is 0.382 e. The van der Waals surface area contributed by atoms with Crippen LogP contribution in [0.3, 0.4) is 0 Å². The van der Waals surface area contributed by atoms with Crippen molar-refractivity contribution in [1.29, 1.82) is 0 Å². The molecule has 0 bridgehead atoms. The first-order valence-corrected chi connectivity index (χ1v) is 6.01. The van der Waals surface area contributed by atoms with Gasteiger partial charge in [-0.1, -0.05) is 0 Å². The van der Waals surface area contributed by atoms with E-state index in [0.717, 1.165) is 24.3 Å². The van der Waals surface area contributed by atoms with Crippen LogP contribution in [0.2, 0.25) is 0 Å². The Bertz CT molecular complexity index is 452. The molecule has 0 aromatic heterocycles. The third-order valence-corrected chi connectivity index (χ3v) is 3.05. The number of hydrogen-bond donors (Lipinski definition) is 0. The molecule has 0 saturated heterocycles. The molecule has 0 unspecified atom stereocenters. The summed E-state index contributed by atoms with van der Waals surface area (Å²) < 4.78 is 62.6. The monoisotopic (exact) mass is 274 g/mol. The molecule has 3 nitrogen and oxygen atoms in total. The molecule has 8 heteroatoms. The van der Waals surface area contributed by atoms with Crippen molar-refractivity contribution in [2.24, 2.45) is 0 Å². The number of alkyl halides is 4. The molecular formula is C8H6ClF3O3S. The third-order valence-electron chi connectivity index (χ3n) is 1.54. The number of hydrogen-bond acceptors (Lipinski definition) is 3. The first-order chi connectivity index (χ1) is 7.24. The van der Waals surface area contributed by atoms with Gasteiger partial charge in [-0.3, -0.25) is 0 Å². The maximum absolute atomic E-state index is 12.1. The minimum Gasteiger partial charge on any atom is -0.382 e. The summed E-state index contributed by atoms with van der Waals surface area (Å²) in [5, 5.41) is -0.770. The van der Waals surface area contributed by atoms with Crippen LogP contribution < -0.4 is 4.18 Å². The lowest BCUT2D eigenvalue weighted by Crippen LogP contribution is -2.10. The predicted molar refractivity (Wildman–Crippen MR) is 51.7 cm³/mol. The fraction of sp³-hybridized carbons (Fsp3) is 0.250.